The fraction of sp³-hybridized carbons (Fsp3) is 0.407. The van der Waals surface area contributed by atoms with E-state index >= 15 is 0 Å². The zero-order chi connectivity index (χ0) is 23.2. The summed E-state index contributed by atoms with van der Waals surface area (Å²) in [5.41, 5.74) is 3.98. The summed E-state index contributed by atoms with van der Waals surface area (Å²) in [5, 5.41) is 7.41. The Balaban J connectivity index is 1.22. The molecule has 0 radical (unpaired) electrons. The molecule has 174 valence electrons. The molecule has 0 aliphatic carbocycles. The van der Waals surface area contributed by atoms with E-state index < -0.39 is 0 Å². The largest absolute Gasteiger partial charge is 0.490 e. The molecule has 2 aromatic carbocycles. The van der Waals surface area contributed by atoms with Gasteiger partial charge in [0.25, 0.3) is 5.91 Å². The predicted octanol–water partition coefficient (Wildman–Crippen LogP) is 4.31. The van der Waals surface area contributed by atoms with Crippen molar-refractivity contribution in [3.8, 4) is 5.75 Å². The van der Waals surface area contributed by atoms with E-state index in [4.69, 9.17) is 4.74 Å². The van der Waals surface area contributed by atoms with Crippen LogP contribution in [0.4, 0.5) is 0 Å². The van der Waals surface area contributed by atoms with Gasteiger partial charge in [0, 0.05) is 44.0 Å². The molecule has 1 N–H and O–H groups in total. The first-order valence-electron chi connectivity index (χ1n) is 11.8. The van der Waals surface area contributed by atoms with Gasteiger partial charge in [0.05, 0.1) is 11.7 Å². The van der Waals surface area contributed by atoms with E-state index in [0.717, 1.165) is 55.9 Å². The number of rotatable bonds is 8. The van der Waals surface area contributed by atoms with Crippen molar-refractivity contribution in [3.05, 3.63) is 83.2 Å². The maximum absolute atomic E-state index is 12.7. The molecule has 6 heteroatoms. The number of carbonyl (C=O) groups excluding carboxylic acids is 1. The number of likely N-dealkylation sites (tertiary alicyclic amines) is 1. The lowest BCUT2D eigenvalue weighted by Gasteiger charge is -2.32. The Kier molecular flexibility index (Phi) is 7.45. The van der Waals surface area contributed by atoms with E-state index in [9.17, 15) is 4.79 Å². The first-order chi connectivity index (χ1) is 16.0. The molecule has 0 saturated carbocycles. The summed E-state index contributed by atoms with van der Waals surface area (Å²) in [4.78, 5) is 15.2. The molecule has 1 aliphatic rings. The predicted molar refractivity (Wildman–Crippen MR) is 131 cm³/mol. The fourth-order valence-corrected chi connectivity index (χ4v) is 4.46. The number of amides is 1. The van der Waals surface area contributed by atoms with Crippen LogP contribution in [-0.2, 0) is 13.5 Å². The number of hydrogen-bond donors (Lipinski definition) is 1. The van der Waals surface area contributed by atoms with Crippen LogP contribution in [0, 0.1) is 6.92 Å². The molecule has 33 heavy (non-hydrogen) atoms. The van der Waals surface area contributed by atoms with E-state index in [2.05, 4.69) is 45.6 Å². The maximum Gasteiger partial charge on any atom is 0.251 e. The fourth-order valence-electron chi connectivity index (χ4n) is 4.46. The van der Waals surface area contributed by atoms with Crippen molar-refractivity contribution >= 4 is 5.91 Å². The number of hydrogen-bond acceptors (Lipinski definition) is 4. The van der Waals surface area contributed by atoms with Gasteiger partial charge in [-0.25, -0.2) is 0 Å². The Hall–Kier alpha value is -3.12. The number of aromatic nitrogens is 2. The van der Waals surface area contributed by atoms with Gasteiger partial charge in [-0.05, 0) is 62.9 Å². The zero-order valence-electron chi connectivity index (χ0n) is 19.8. The molecule has 1 unspecified atom stereocenters. The molecular weight excluding hydrogens is 412 g/mol. The lowest BCUT2D eigenvalue weighted by molar-refractivity contribution is 0.0939. The van der Waals surface area contributed by atoms with E-state index in [-0.39, 0.29) is 18.1 Å². The Morgan fingerprint density at radius 3 is 2.45 bits per heavy atom. The van der Waals surface area contributed by atoms with Crippen molar-refractivity contribution < 1.29 is 9.53 Å². The van der Waals surface area contributed by atoms with Gasteiger partial charge in [-0.3, -0.25) is 9.48 Å². The number of piperidine rings is 1. The smallest absolute Gasteiger partial charge is 0.251 e. The summed E-state index contributed by atoms with van der Waals surface area (Å²) < 4.78 is 7.97. The zero-order valence-corrected chi connectivity index (χ0v) is 19.8. The van der Waals surface area contributed by atoms with Gasteiger partial charge in [0.15, 0.2) is 0 Å². The molecule has 1 fully saturated rings. The van der Waals surface area contributed by atoms with Crippen molar-refractivity contribution in [1.29, 1.82) is 0 Å². The van der Waals surface area contributed by atoms with Gasteiger partial charge in [-0.15, -0.1) is 0 Å². The Labute approximate surface area is 196 Å². The molecule has 1 amide bonds. The molecule has 1 atom stereocenters. The van der Waals surface area contributed by atoms with Gasteiger partial charge in [0.2, 0.25) is 0 Å². The van der Waals surface area contributed by atoms with E-state index in [0.29, 0.717) is 5.56 Å². The number of ether oxygens (including phenoxy) is 1. The Morgan fingerprint density at radius 2 is 1.82 bits per heavy atom. The molecule has 0 bridgehead atoms. The molecule has 3 aromatic rings. The van der Waals surface area contributed by atoms with Crippen molar-refractivity contribution in [1.82, 2.24) is 20.0 Å². The molecule has 2 heterocycles. The van der Waals surface area contributed by atoms with Crippen LogP contribution in [0.25, 0.3) is 0 Å². The van der Waals surface area contributed by atoms with Crippen LogP contribution in [0.2, 0.25) is 0 Å². The number of nitrogens with zero attached hydrogens (tertiary/aromatic N) is 3. The molecule has 1 saturated heterocycles. The lowest BCUT2D eigenvalue weighted by atomic mass is 10.1. The summed E-state index contributed by atoms with van der Waals surface area (Å²) in [5.74, 6) is 0.731. The SMILES string of the molecule is Cc1nn(C)cc1C(C)NC(=O)c1ccc(OC2CCN(CCc3ccccc3)CC2)cc1. The number of benzene rings is 2. The van der Waals surface area contributed by atoms with Crippen molar-refractivity contribution in [2.24, 2.45) is 7.05 Å². The summed E-state index contributed by atoms with van der Waals surface area (Å²) >= 11 is 0. The standard InChI is InChI=1S/C27H34N4O2/c1-20(26-19-30(3)29-21(26)2)28-27(32)23-9-11-24(12-10-23)33-25-14-17-31(18-15-25)16-13-22-7-5-4-6-8-22/h4-12,19-20,25H,13-18H2,1-3H3,(H,28,32). The lowest BCUT2D eigenvalue weighted by Crippen LogP contribution is -2.39. The van der Waals surface area contributed by atoms with Gasteiger partial charge in [-0.2, -0.15) is 5.10 Å². The topological polar surface area (TPSA) is 59.4 Å². The monoisotopic (exact) mass is 446 g/mol. The van der Waals surface area contributed by atoms with Gasteiger partial charge >= 0.3 is 0 Å². The average Bonchev–Trinajstić information content (AvgIpc) is 3.17. The summed E-state index contributed by atoms with van der Waals surface area (Å²) in [6.45, 7) is 7.15. The highest BCUT2D eigenvalue weighted by atomic mass is 16.5. The van der Waals surface area contributed by atoms with Gasteiger partial charge < -0.3 is 15.0 Å². The second-order valence-corrected chi connectivity index (χ2v) is 8.96. The van der Waals surface area contributed by atoms with Crippen LogP contribution in [0.3, 0.4) is 0 Å². The van der Waals surface area contributed by atoms with Crippen LogP contribution >= 0.6 is 0 Å². The molecule has 0 spiro atoms. The third-order valence-corrected chi connectivity index (χ3v) is 6.38. The number of aryl methyl sites for hydroxylation is 2. The molecular formula is C27H34N4O2. The molecule has 6 nitrogen and oxygen atoms in total. The van der Waals surface area contributed by atoms with Crippen LogP contribution in [-0.4, -0.2) is 46.3 Å². The van der Waals surface area contributed by atoms with Crippen molar-refractivity contribution in [2.75, 3.05) is 19.6 Å². The average molecular weight is 447 g/mol. The minimum absolute atomic E-state index is 0.0935. The van der Waals surface area contributed by atoms with Crippen LogP contribution < -0.4 is 10.1 Å². The normalized spacial score (nSPS) is 15.8. The van der Waals surface area contributed by atoms with Crippen LogP contribution in [0.1, 0.15) is 53.0 Å². The third-order valence-electron chi connectivity index (χ3n) is 6.38. The molecule has 4 rings (SSSR count). The van der Waals surface area contributed by atoms with Gasteiger partial charge in [0.1, 0.15) is 11.9 Å². The van der Waals surface area contributed by atoms with Crippen LogP contribution in [0.15, 0.2) is 60.8 Å². The van der Waals surface area contributed by atoms with Gasteiger partial charge in [-0.1, -0.05) is 30.3 Å². The highest BCUT2D eigenvalue weighted by molar-refractivity contribution is 5.94. The van der Waals surface area contributed by atoms with Crippen LogP contribution in [0.5, 0.6) is 5.75 Å². The number of carbonyl (C=O) groups is 1. The molecule has 1 aromatic heterocycles. The summed E-state index contributed by atoms with van der Waals surface area (Å²) in [6, 6.07) is 18.0. The Bertz CT molecular complexity index is 1040. The van der Waals surface area contributed by atoms with E-state index in [1.165, 1.54) is 5.56 Å². The van der Waals surface area contributed by atoms with Crippen molar-refractivity contribution in [3.63, 3.8) is 0 Å². The molecule has 1 aliphatic heterocycles. The highest BCUT2D eigenvalue weighted by Gasteiger charge is 2.21. The maximum atomic E-state index is 12.7. The second kappa shape index (κ2) is 10.7. The summed E-state index contributed by atoms with van der Waals surface area (Å²) in [6.07, 6.45) is 5.32. The van der Waals surface area contributed by atoms with E-state index in [1.54, 1.807) is 4.68 Å². The Morgan fingerprint density at radius 1 is 1.12 bits per heavy atom. The van der Waals surface area contributed by atoms with E-state index in [1.807, 2.05) is 51.4 Å². The highest BCUT2D eigenvalue weighted by Crippen LogP contribution is 2.21. The first kappa shape index (κ1) is 23.1. The minimum atomic E-state index is -0.103. The summed E-state index contributed by atoms with van der Waals surface area (Å²) in [7, 11) is 1.89. The third kappa shape index (κ3) is 6.23. The quantitative estimate of drug-likeness (QED) is 0.560. The first-order valence-corrected chi connectivity index (χ1v) is 11.8. The second-order valence-electron chi connectivity index (χ2n) is 8.96. The number of nitrogens with one attached hydrogen (secondary N) is 1. The van der Waals surface area contributed by atoms with Crippen molar-refractivity contribution in [2.45, 2.75) is 45.3 Å². The minimum Gasteiger partial charge on any atom is -0.490 e.